The molecule has 18 heavy (non-hydrogen) atoms. The fraction of sp³-hybridized carbons (Fsp3) is 0.786. The van der Waals surface area contributed by atoms with Crippen LogP contribution in [-0.2, 0) is 13.6 Å². The third-order valence-corrected chi connectivity index (χ3v) is 3.54. The first kappa shape index (κ1) is 13.4. The maximum Gasteiger partial charge on any atom is 0.131 e. The van der Waals surface area contributed by atoms with Crippen molar-refractivity contribution in [1.82, 2.24) is 15.1 Å². The summed E-state index contributed by atoms with van der Waals surface area (Å²) in [7, 11) is 4.23. The largest absolute Gasteiger partial charge is 0.357 e. The third-order valence-electron chi connectivity index (χ3n) is 3.54. The quantitative estimate of drug-likeness (QED) is 0.889. The molecule has 1 saturated carbocycles. The molecule has 0 unspecified atom stereocenters. The van der Waals surface area contributed by atoms with E-state index >= 15 is 0 Å². The maximum atomic E-state index is 4.58. The van der Waals surface area contributed by atoms with Gasteiger partial charge in [-0.3, -0.25) is 4.68 Å². The molecule has 1 fully saturated rings. The molecule has 0 aliphatic heterocycles. The van der Waals surface area contributed by atoms with Gasteiger partial charge in [0.1, 0.15) is 5.82 Å². The Kier molecular flexibility index (Phi) is 3.41. The minimum atomic E-state index is 0.137. The summed E-state index contributed by atoms with van der Waals surface area (Å²) in [5.74, 6) is 1.27. The van der Waals surface area contributed by atoms with Crippen molar-refractivity contribution in [2.75, 3.05) is 11.9 Å². The number of aryl methyl sites for hydroxylation is 2. The van der Waals surface area contributed by atoms with Gasteiger partial charge in [0.05, 0.1) is 5.69 Å². The van der Waals surface area contributed by atoms with Crippen LogP contribution in [0, 0.1) is 6.92 Å². The molecule has 1 aliphatic rings. The van der Waals surface area contributed by atoms with Crippen molar-refractivity contribution in [3.05, 3.63) is 11.3 Å². The molecule has 1 aromatic heterocycles. The highest BCUT2D eigenvalue weighted by Crippen LogP contribution is 2.33. The molecular formula is C14H26N4. The molecule has 0 aromatic carbocycles. The van der Waals surface area contributed by atoms with E-state index < -0.39 is 0 Å². The summed E-state index contributed by atoms with van der Waals surface area (Å²) in [5.41, 5.74) is 2.61. The van der Waals surface area contributed by atoms with Crippen LogP contribution in [0.5, 0.6) is 0 Å². The summed E-state index contributed by atoms with van der Waals surface area (Å²) < 4.78 is 2.02. The van der Waals surface area contributed by atoms with Gasteiger partial charge in [0.25, 0.3) is 0 Å². The molecule has 0 bridgehead atoms. The Morgan fingerprint density at radius 1 is 1.39 bits per heavy atom. The standard InChI is InChI=1S/C14H26N4/c1-10-12(9-15-14(2,3)4)13(18(6)16-10)17(5)11-7-8-11/h11,15H,7-9H2,1-6H3. The average Bonchev–Trinajstić information content (AvgIpc) is 3.01. The van der Waals surface area contributed by atoms with Gasteiger partial charge in [0.2, 0.25) is 0 Å². The molecule has 4 heteroatoms. The summed E-state index contributed by atoms with van der Waals surface area (Å²) in [6.45, 7) is 9.58. The Morgan fingerprint density at radius 3 is 2.50 bits per heavy atom. The zero-order valence-corrected chi connectivity index (χ0v) is 12.5. The molecular weight excluding hydrogens is 224 g/mol. The summed E-state index contributed by atoms with van der Waals surface area (Å²) in [6, 6.07) is 0.716. The van der Waals surface area contributed by atoms with Crippen LogP contribution < -0.4 is 10.2 Å². The Bertz CT molecular complexity index is 424. The van der Waals surface area contributed by atoms with Gasteiger partial charge in [-0.05, 0) is 40.5 Å². The summed E-state index contributed by atoms with van der Waals surface area (Å²) in [5, 5.41) is 8.14. The number of hydrogen-bond acceptors (Lipinski definition) is 3. The molecule has 1 heterocycles. The molecule has 0 saturated heterocycles. The van der Waals surface area contributed by atoms with Gasteiger partial charge in [0.15, 0.2) is 0 Å². The minimum absolute atomic E-state index is 0.137. The summed E-state index contributed by atoms with van der Waals surface area (Å²) >= 11 is 0. The van der Waals surface area contributed by atoms with Crippen LogP contribution in [0.2, 0.25) is 0 Å². The van der Waals surface area contributed by atoms with Crippen LogP contribution in [0.4, 0.5) is 5.82 Å². The van der Waals surface area contributed by atoms with Crippen LogP contribution in [0.3, 0.4) is 0 Å². The van der Waals surface area contributed by atoms with Gasteiger partial charge in [-0.2, -0.15) is 5.10 Å². The molecule has 0 atom stereocenters. The smallest absolute Gasteiger partial charge is 0.131 e. The van der Waals surface area contributed by atoms with Crippen LogP contribution in [-0.4, -0.2) is 28.4 Å². The first-order chi connectivity index (χ1) is 8.29. The maximum absolute atomic E-state index is 4.58. The number of anilines is 1. The van der Waals surface area contributed by atoms with Gasteiger partial charge < -0.3 is 10.2 Å². The average molecular weight is 250 g/mol. The monoisotopic (exact) mass is 250 g/mol. The van der Waals surface area contributed by atoms with Gasteiger partial charge in [-0.1, -0.05) is 0 Å². The molecule has 1 aliphatic carbocycles. The van der Waals surface area contributed by atoms with Gasteiger partial charge >= 0.3 is 0 Å². The molecule has 0 radical (unpaired) electrons. The normalized spacial score (nSPS) is 16.1. The summed E-state index contributed by atoms with van der Waals surface area (Å²) in [6.07, 6.45) is 2.62. The van der Waals surface area contributed by atoms with E-state index in [1.165, 1.54) is 24.2 Å². The first-order valence-corrected chi connectivity index (χ1v) is 6.80. The molecule has 4 nitrogen and oxygen atoms in total. The Morgan fingerprint density at radius 2 is 2.00 bits per heavy atom. The fourth-order valence-corrected chi connectivity index (χ4v) is 2.33. The second-order valence-corrected chi connectivity index (χ2v) is 6.46. The number of rotatable bonds is 4. The van der Waals surface area contributed by atoms with E-state index in [4.69, 9.17) is 0 Å². The van der Waals surface area contributed by atoms with Crippen molar-refractivity contribution in [1.29, 1.82) is 0 Å². The van der Waals surface area contributed by atoms with E-state index in [0.717, 1.165) is 12.2 Å². The second-order valence-electron chi connectivity index (χ2n) is 6.46. The van der Waals surface area contributed by atoms with Crippen LogP contribution >= 0.6 is 0 Å². The van der Waals surface area contributed by atoms with Gasteiger partial charge in [0, 0.05) is 37.8 Å². The lowest BCUT2D eigenvalue weighted by Gasteiger charge is -2.24. The van der Waals surface area contributed by atoms with Crippen molar-refractivity contribution < 1.29 is 0 Å². The van der Waals surface area contributed by atoms with Crippen molar-refractivity contribution in [3.8, 4) is 0 Å². The molecule has 2 rings (SSSR count). The third kappa shape index (κ3) is 2.86. The predicted octanol–water partition coefficient (Wildman–Crippen LogP) is 2.22. The molecule has 1 N–H and O–H groups in total. The Balaban J connectivity index is 2.22. The van der Waals surface area contributed by atoms with E-state index in [0.29, 0.717) is 6.04 Å². The zero-order valence-electron chi connectivity index (χ0n) is 12.5. The Hall–Kier alpha value is -1.03. The van der Waals surface area contributed by atoms with Crippen LogP contribution in [0.25, 0.3) is 0 Å². The number of nitrogens with one attached hydrogen (secondary N) is 1. The SMILES string of the molecule is Cc1nn(C)c(N(C)C2CC2)c1CNC(C)(C)C. The van der Waals surface area contributed by atoms with E-state index in [-0.39, 0.29) is 5.54 Å². The topological polar surface area (TPSA) is 33.1 Å². The van der Waals surface area contributed by atoms with E-state index in [2.05, 4.69) is 50.1 Å². The summed E-state index contributed by atoms with van der Waals surface area (Å²) in [4.78, 5) is 2.39. The van der Waals surface area contributed by atoms with Crippen molar-refractivity contribution in [2.45, 2.75) is 58.7 Å². The number of aromatic nitrogens is 2. The van der Waals surface area contributed by atoms with Crippen molar-refractivity contribution >= 4 is 5.82 Å². The molecule has 102 valence electrons. The van der Waals surface area contributed by atoms with E-state index in [9.17, 15) is 0 Å². The number of hydrogen-bond donors (Lipinski definition) is 1. The second kappa shape index (κ2) is 4.57. The van der Waals surface area contributed by atoms with Crippen LogP contribution in [0.15, 0.2) is 0 Å². The van der Waals surface area contributed by atoms with Crippen molar-refractivity contribution in [3.63, 3.8) is 0 Å². The highest BCUT2D eigenvalue weighted by Gasteiger charge is 2.30. The van der Waals surface area contributed by atoms with Crippen LogP contribution in [0.1, 0.15) is 44.9 Å². The highest BCUT2D eigenvalue weighted by molar-refractivity contribution is 5.51. The van der Waals surface area contributed by atoms with E-state index in [1.807, 2.05) is 11.7 Å². The van der Waals surface area contributed by atoms with Gasteiger partial charge in [-0.15, -0.1) is 0 Å². The molecule has 1 aromatic rings. The lowest BCUT2D eigenvalue weighted by Crippen LogP contribution is -2.35. The Labute approximate surface area is 110 Å². The van der Waals surface area contributed by atoms with Gasteiger partial charge in [-0.25, -0.2) is 0 Å². The first-order valence-electron chi connectivity index (χ1n) is 6.80. The minimum Gasteiger partial charge on any atom is -0.357 e. The zero-order chi connectivity index (χ0) is 13.5. The lowest BCUT2D eigenvalue weighted by molar-refractivity contribution is 0.424. The predicted molar refractivity (Wildman–Crippen MR) is 76.0 cm³/mol. The molecule has 0 amide bonds. The lowest BCUT2D eigenvalue weighted by atomic mass is 10.1. The molecule has 0 spiro atoms. The fourth-order valence-electron chi connectivity index (χ4n) is 2.33. The van der Waals surface area contributed by atoms with E-state index in [1.54, 1.807) is 0 Å². The highest BCUT2D eigenvalue weighted by atomic mass is 15.4. The number of nitrogens with zero attached hydrogens (tertiary/aromatic N) is 3. The van der Waals surface area contributed by atoms with Crippen molar-refractivity contribution in [2.24, 2.45) is 7.05 Å².